The fourth-order valence-corrected chi connectivity index (χ4v) is 5.19. The summed E-state index contributed by atoms with van der Waals surface area (Å²) in [4.78, 5) is 1.81. The van der Waals surface area contributed by atoms with Crippen LogP contribution in [0.15, 0.2) is 34.3 Å². The lowest BCUT2D eigenvalue weighted by Gasteiger charge is -2.18. The molecule has 0 aromatic heterocycles. The maximum absolute atomic E-state index is 13.1. The van der Waals surface area contributed by atoms with Crippen LogP contribution in [0.5, 0.6) is 11.5 Å². The second kappa shape index (κ2) is 12.9. The van der Waals surface area contributed by atoms with Crippen LogP contribution in [-0.4, -0.2) is 49.9 Å². The third-order valence-electron chi connectivity index (χ3n) is 5.33. The minimum Gasteiger partial charge on any atom is -0.508 e. The number of hydrogen-bond acceptors (Lipinski definition) is 5. The van der Waals surface area contributed by atoms with Crippen LogP contribution in [0.25, 0.3) is 0 Å². The number of unbranched alkanes of at least 4 members (excludes halogenated alkanes) is 2. The summed E-state index contributed by atoms with van der Waals surface area (Å²) in [7, 11) is -0.0426. The minimum atomic E-state index is -3.69. The highest BCUT2D eigenvalue weighted by Crippen LogP contribution is 2.38. The number of sulfone groups is 1. The van der Waals surface area contributed by atoms with E-state index < -0.39 is 9.84 Å². The molecule has 0 fully saturated rings. The second-order valence-corrected chi connectivity index (χ2v) is 10.9. The van der Waals surface area contributed by atoms with E-state index in [0.717, 1.165) is 37.7 Å². The van der Waals surface area contributed by atoms with Gasteiger partial charge in [0, 0.05) is 12.1 Å². The summed E-state index contributed by atoms with van der Waals surface area (Å²) in [6.07, 6.45) is 9.55. The van der Waals surface area contributed by atoms with E-state index in [1.807, 2.05) is 32.0 Å². The zero-order chi connectivity index (χ0) is 23.6. The van der Waals surface area contributed by atoms with Crippen LogP contribution in [0.4, 0.5) is 0 Å². The van der Waals surface area contributed by atoms with Crippen molar-refractivity contribution in [3.8, 4) is 11.5 Å². The Morgan fingerprint density at radius 1 is 1.10 bits per heavy atom. The smallest absolute Gasteiger partial charge is 0.183 e. The SMILES string of the molecule is CCCCCc1cc(O)c(C/C=C(\C)CCC=C(C)C)c(O)c1S(=O)(=O)CCN(C)C. The number of aromatic hydroxyl groups is 2. The molecular formula is C25H41NO4S. The van der Waals surface area contributed by atoms with Gasteiger partial charge in [-0.3, -0.25) is 0 Å². The maximum Gasteiger partial charge on any atom is 0.183 e. The molecule has 176 valence electrons. The lowest BCUT2D eigenvalue weighted by molar-refractivity contribution is 0.422. The Bertz CT molecular complexity index is 879. The lowest BCUT2D eigenvalue weighted by Crippen LogP contribution is -2.23. The van der Waals surface area contributed by atoms with E-state index in [0.29, 0.717) is 24.9 Å². The normalized spacial score (nSPS) is 12.4. The highest BCUT2D eigenvalue weighted by Gasteiger charge is 2.27. The van der Waals surface area contributed by atoms with Crippen LogP contribution in [-0.2, 0) is 22.7 Å². The van der Waals surface area contributed by atoms with Crippen molar-refractivity contribution in [2.24, 2.45) is 0 Å². The Balaban J connectivity index is 3.30. The van der Waals surface area contributed by atoms with Gasteiger partial charge in [-0.25, -0.2) is 8.42 Å². The quantitative estimate of drug-likeness (QED) is 0.310. The van der Waals surface area contributed by atoms with Crippen LogP contribution in [0.3, 0.4) is 0 Å². The summed E-state index contributed by atoms with van der Waals surface area (Å²) in [6.45, 7) is 8.60. The van der Waals surface area contributed by atoms with Gasteiger partial charge in [-0.15, -0.1) is 0 Å². The molecule has 0 heterocycles. The monoisotopic (exact) mass is 451 g/mol. The second-order valence-electron chi connectivity index (χ2n) is 8.87. The molecule has 1 rings (SSSR count). The van der Waals surface area contributed by atoms with E-state index in [-0.39, 0.29) is 27.7 Å². The Morgan fingerprint density at radius 2 is 1.77 bits per heavy atom. The van der Waals surface area contributed by atoms with Gasteiger partial charge in [0.25, 0.3) is 0 Å². The molecule has 0 unspecified atom stereocenters. The molecule has 0 spiro atoms. The summed E-state index contributed by atoms with van der Waals surface area (Å²) >= 11 is 0. The van der Waals surface area contributed by atoms with Crippen LogP contribution >= 0.6 is 0 Å². The average Bonchev–Trinajstić information content (AvgIpc) is 2.65. The summed E-state index contributed by atoms with van der Waals surface area (Å²) < 4.78 is 26.3. The Labute approximate surface area is 189 Å². The predicted octanol–water partition coefficient (Wildman–Crippen LogP) is 5.40. The van der Waals surface area contributed by atoms with Crippen LogP contribution in [0, 0.1) is 0 Å². The molecule has 0 aliphatic rings. The van der Waals surface area contributed by atoms with E-state index in [9.17, 15) is 18.6 Å². The molecular weight excluding hydrogens is 410 g/mol. The van der Waals surface area contributed by atoms with E-state index in [1.165, 1.54) is 5.57 Å². The van der Waals surface area contributed by atoms with Gasteiger partial charge in [-0.05, 0) is 78.6 Å². The lowest BCUT2D eigenvalue weighted by atomic mass is 10.00. The first-order valence-electron chi connectivity index (χ1n) is 11.2. The third kappa shape index (κ3) is 9.08. The predicted molar refractivity (Wildman–Crippen MR) is 130 cm³/mol. The third-order valence-corrected chi connectivity index (χ3v) is 7.12. The largest absolute Gasteiger partial charge is 0.508 e. The summed E-state index contributed by atoms with van der Waals surface area (Å²) in [5, 5.41) is 21.6. The van der Waals surface area contributed by atoms with Crippen molar-refractivity contribution in [3.05, 3.63) is 40.5 Å². The number of benzene rings is 1. The van der Waals surface area contributed by atoms with E-state index >= 15 is 0 Å². The van der Waals surface area contributed by atoms with Gasteiger partial charge >= 0.3 is 0 Å². The molecule has 0 aliphatic heterocycles. The van der Waals surface area contributed by atoms with Gasteiger partial charge in [0.2, 0.25) is 0 Å². The minimum absolute atomic E-state index is 0.00570. The van der Waals surface area contributed by atoms with Gasteiger partial charge < -0.3 is 15.1 Å². The number of hydrogen-bond donors (Lipinski definition) is 2. The standard InChI is InChI=1S/C25H41NO4S/c1-7-8-9-13-21-18-23(27)22(15-14-20(4)12-10-11-19(2)3)24(28)25(21)31(29,30)17-16-26(5)6/h11,14,18,27-28H,7-10,12-13,15-17H2,1-6H3/b20-14+. The highest BCUT2D eigenvalue weighted by atomic mass is 32.2. The number of phenols is 2. The molecule has 0 amide bonds. The molecule has 5 nitrogen and oxygen atoms in total. The molecule has 0 radical (unpaired) electrons. The molecule has 0 bridgehead atoms. The van der Waals surface area contributed by atoms with Gasteiger partial charge in [-0.1, -0.05) is 43.1 Å². The zero-order valence-corrected chi connectivity index (χ0v) is 21.0. The molecule has 1 aromatic rings. The molecule has 6 heteroatoms. The molecule has 0 saturated heterocycles. The maximum atomic E-state index is 13.1. The highest BCUT2D eigenvalue weighted by molar-refractivity contribution is 7.91. The Kier molecular flexibility index (Phi) is 11.4. The van der Waals surface area contributed by atoms with Gasteiger partial charge in [0.15, 0.2) is 9.84 Å². The fourth-order valence-electron chi connectivity index (χ4n) is 3.40. The fraction of sp³-hybridized carbons (Fsp3) is 0.600. The van der Waals surface area contributed by atoms with E-state index in [4.69, 9.17) is 0 Å². The van der Waals surface area contributed by atoms with Crippen molar-refractivity contribution in [1.29, 1.82) is 0 Å². The topological polar surface area (TPSA) is 77.8 Å². The van der Waals surface area contributed by atoms with Crippen LogP contribution in [0.1, 0.15) is 70.9 Å². The zero-order valence-electron chi connectivity index (χ0n) is 20.2. The number of aryl methyl sites for hydroxylation is 1. The molecule has 0 aliphatic carbocycles. The average molecular weight is 452 g/mol. The molecule has 0 atom stereocenters. The molecule has 31 heavy (non-hydrogen) atoms. The number of rotatable bonds is 13. The van der Waals surface area contributed by atoms with Crippen molar-refractivity contribution in [2.75, 3.05) is 26.4 Å². The van der Waals surface area contributed by atoms with Crippen molar-refractivity contribution >= 4 is 9.84 Å². The van der Waals surface area contributed by atoms with Crippen LogP contribution in [0.2, 0.25) is 0 Å². The van der Waals surface area contributed by atoms with Gasteiger partial charge in [0.1, 0.15) is 16.4 Å². The summed E-state index contributed by atoms with van der Waals surface area (Å²) in [5.74, 6) is -0.404. The van der Waals surface area contributed by atoms with E-state index in [2.05, 4.69) is 26.8 Å². The molecule has 1 aromatic carbocycles. The number of nitrogens with zero attached hydrogens (tertiary/aromatic N) is 1. The van der Waals surface area contributed by atoms with Crippen LogP contribution < -0.4 is 0 Å². The summed E-state index contributed by atoms with van der Waals surface area (Å²) in [5.41, 5.74) is 3.20. The van der Waals surface area contributed by atoms with Crippen molar-refractivity contribution in [2.45, 2.75) is 77.5 Å². The van der Waals surface area contributed by atoms with Gasteiger partial charge in [-0.2, -0.15) is 0 Å². The Morgan fingerprint density at radius 3 is 2.35 bits per heavy atom. The van der Waals surface area contributed by atoms with Gasteiger partial charge in [0.05, 0.1) is 5.75 Å². The summed E-state index contributed by atoms with van der Waals surface area (Å²) in [6, 6.07) is 1.54. The number of phenolic OH excluding ortho intramolecular Hbond substituents is 2. The first kappa shape index (κ1) is 27.2. The first-order chi connectivity index (χ1) is 14.5. The van der Waals surface area contributed by atoms with E-state index in [1.54, 1.807) is 6.07 Å². The molecule has 2 N–H and O–H groups in total. The number of allylic oxidation sites excluding steroid dienone is 4. The Hall–Kier alpha value is -1.79. The molecule has 0 saturated carbocycles. The van der Waals surface area contributed by atoms with Crippen molar-refractivity contribution < 1.29 is 18.6 Å². The first-order valence-corrected chi connectivity index (χ1v) is 12.9. The van der Waals surface area contributed by atoms with Crippen molar-refractivity contribution in [1.82, 2.24) is 4.90 Å². The van der Waals surface area contributed by atoms with Crippen molar-refractivity contribution in [3.63, 3.8) is 0 Å².